The Morgan fingerprint density at radius 3 is 2.03 bits per heavy atom. The van der Waals surface area contributed by atoms with Gasteiger partial charge in [0.2, 0.25) is 0 Å². The molecule has 0 atom stereocenters. The normalized spacial score (nSPS) is 11.8. The van der Waals surface area contributed by atoms with Gasteiger partial charge in [0.05, 0.1) is 17.2 Å². The summed E-state index contributed by atoms with van der Waals surface area (Å²) in [5.41, 5.74) is 4.17. The first-order chi connectivity index (χ1) is 17.2. The minimum Gasteiger partial charge on any atom is -0.494 e. The largest absolute Gasteiger partial charge is 0.494 e. The van der Waals surface area contributed by atoms with E-state index in [1.165, 1.54) is 48.5 Å². The maximum atomic E-state index is 12.6. The summed E-state index contributed by atoms with van der Waals surface area (Å²) >= 11 is 0. The zero-order valence-electron chi connectivity index (χ0n) is 19.6. The molecule has 3 aromatic carbocycles. The topological polar surface area (TPSA) is 106 Å². The Bertz CT molecular complexity index is 1300. The van der Waals surface area contributed by atoms with Gasteiger partial charge in [-0.3, -0.25) is 9.52 Å². The number of nitrogens with zero attached hydrogens (tertiary/aromatic N) is 1. The second-order valence-corrected chi connectivity index (χ2v) is 9.03. The maximum absolute atomic E-state index is 12.6. The molecule has 0 aliphatic rings. The summed E-state index contributed by atoms with van der Waals surface area (Å²) < 4.78 is 62.0. The fourth-order valence-electron chi connectivity index (χ4n) is 3.14. The molecule has 0 aliphatic carbocycles. The van der Waals surface area contributed by atoms with Gasteiger partial charge in [-0.25, -0.2) is 13.8 Å². The minimum atomic E-state index is -3.82. The highest BCUT2D eigenvalue weighted by molar-refractivity contribution is 7.92. The van der Waals surface area contributed by atoms with E-state index in [4.69, 9.17) is 4.74 Å². The highest BCUT2D eigenvalue weighted by atomic mass is 32.2. The van der Waals surface area contributed by atoms with Crippen LogP contribution >= 0.6 is 0 Å². The zero-order chi connectivity index (χ0) is 26.1. The Morgan fingerprint density at radius 2 is 1.47 bits per heavy atom. The van der Waals surface area contributed by atoms with E-state index in [2.05, 4.69) is 20.0 Å². The molecule has 3 rings (SSSR count). The molecule has 0 bridgehead atoms. The first-order valence-corrected chi connectivity index (χ1v) is 12.5. The number of carbonyl (C=O) groups excluding carboxylic acids is 1. The molecular weight excluding hydrogens is 492 g/mol. The lowest BCUT2D eigenvalue weighted by Gasteiger charge is -2.10. The van der Waals surface area contributed by atoms with Crippen molar-refractivity contribution in [2.45, 2.75) is 31.8 Å². The van der Waals surface area contributed by atoms with E-state index in [-0.39, 0.29) is 21.9 Å². The summed E-state index contributed by atoms with van der Waals surface area (Å²) in [4.78, 5) is 12.6. The Balaban J connectivity index is 1.64. The van der Waals surface area contributed by atoms with Crippen LogP contribution in [0.5, 0.6) is 11.5 Å². The maximum Gasteiger partial charge on any atom is 0.387 e. The molecule has 0 unspecified atom stereocenters. The number of hydrogen-bond acceptors (Lipinski definition) is 6. The number of sulfonamides is 1. The number of halogens is 2. The van der Waals surface area contributed by atoms with Crippen LogP contribution in [0.15, 0.2) is 82.8 Å². The SMILES string of the molecule is CCOc1ccc(S(=O)(=O)Nc2ccc(C(=O)NN=C(CC)c3ccc(OC(F)F)cc3)cc2)cc1. The fraction of sp³-hybridized carbons (Fsp3) is 0.200. The summed E-state index contributed by atoms with van der Waals surface area (Å²) in [5.74, 6) is 0.0875. The summed E-state index contributed by atoms with van der Waals surface area (Å²) in [6.07, 6.45) is 0.474. The molecule has 0 saturated carbocycles. The molecule has 1 amide bonds. The molecule has 3 aromatic rings. The summed E-state index contributed by atoms with van der Waals surface area (Å²) in [6, 6.07) is 17.8. The van der Waals surface area contributed by atoms with Gasteiger partial charge in [0.1, 0.15) is 11.5 Å². The number of alkyl halides is 2. The van der Waals surface area contributed by atoms with E-state index in [1.807, 2.05) is 13.8 Å². The molecular formula is C25H25F2N3O5S. The third-order valence-corrected chi connectivity index (χ3v) is 6.28. The van der Waals surface area contributed by atoms with Crippen LogP contribution in [-0.2, 0) is 10.0 Å². The minimum absolute atomic E-state index is 0.0199. The smallest absolute Gasteiger partial charge is 0.387 e. The van der Waals surface area contributed by atoms with Gasteiger partial charge >= 0.3 is 6.61 Å². The molecule has 11 heteroatoms. The Kier molecular flexibility index (Phi) is 8.96. The number of benzene rings is 3. The number of ether oxygens (including phenoxy) is 2. The predicted molar refractivity (Wildman–Crippen MR) is 132 cm³/mol. The molecule has 8 nitrogen and oxygen atoms in total. The van der Waals surface area contributed by atoms with Gasteiger partial charge in [-0.15, -0.1) is 0 Å². The molecule has 190 valence electrons. The van der Waals surface area contributed by atoms with E-state index in [1.54, 1.807) is 24.3 Å². The highest BCUT2D eigenvalue weighted by Gasteiger charge is 2.15. The lowest BCUT2D eigenvalue weighted by molar-refractivity contribution is -0.0498. The molecule has 0 heterocycles. The van der Waals surface area contributed by atoms with Crippen LogP contribution in [0.1, 0.15) is 36.2 Å². The Hall–Kier alpha value is -3.99. The monoisotopic (exact) mass is 517 g/mol. The third kappa shape index (κ3) is 7.25. The number of nitrogens with one attached hydrogen (secondary N) is 2. The van der Waals surface area contributed by atoms with E-state index in [0.29, 0.717) is 30.1 Å². The average molecular weight is 518 g/mol. The summed E-state index contributed by atoms with van der Waals surface area (Å²) in [6.45, 7) is 1.23. The van der Waals surface area contributed by atoms with Crippen LogP contribution in [0, 0.1) is 0 Å². The highest BCUT2D eigenvalue weighted by Crippen LogP contribution is 2.20. The Morgan fingerprint density at radius 1 is 0.889 bits per heavy atom. The third-order valence-electron chi connectivity index (χ3n) is 4.88. The summed E-state index contributed by atoms with van der Waals surface area (Å²) in [5, 5.41) is 4.13. The van der Waals surface area contributed by atoms with E-state index in [0.717, 1.165) is 0 Å². The lowest BCUT2D eigenvalue weighted by Crippen LogP contribution is -2.20. The van der Waals surface area contributed by atoms with Crippen LogP contribution in [0.3, 0.4) is 0 Å². The van der Waals surface area contributed by atoms with Gasteiger partial charge in [-0.1, -0.05) is 6.92 Å². The number of carbonyl (C=O) groups is 1. The zero-order valence-corrected chi connectivity index (χ0v) is 20.4. The van der Waals surface area contributed by atoms with Gasteiger partial charge in [-0.05, 0) is 91.7 Å². The first kappa shape index (κ1) is 26.6. The number of amides is 1. The summed E-state index contributed by atoms with van der Waals surface area (Å²) in [7, 11) is -3.82. The van der Waals surface area contributed by atoms with Crippen molar-refractivity contribution in [2.24, 2.45) is 5.10 Å². The van der Waals surface area contributed by atoms with Crippen molar-refractivity contribution < 1.29 is 31.5 Å². The number of hydrogen-bond donors (Lipinski definition) is 2. The average Bonchev–Trinajstić information content (AvgIpc) is 2.85. The molecule has 0 aromatic heterocycles. The van der Waals surface area contributed by atoms with Crippen molar-refractivity contribution in [1.29, 1.82) is 0 Å². The van der Waals surface area contributed by atoms with Gasteiger partial charge < -0.3 is 9.47 Å². The number of hydrazone groups is 1. The van der Waals surface area contributed by atoms with Crippen molar-refractivity contribution in [1.82, 2.24) is 5.43 Å². The Labute approximate surface area is 208 Å². The van der Waals surface area contributed by atoms with Gasteiger partial charge in [0, 0.05) is 11.3 Å². The molecule has 0 fully saturated rings. The molecule has 0 spiro atoms. The number of anilines is 1. The molecule has 2 N–H and O–H groups in total. The van der Waals surface area contributed by atoms with Crippen molar-refractivity contribution in [3.63, 3.8) is 0 Å². The fourth-order valence-corrected chi connectivity index (χ4v) is 4.20. The van der Waals surface area contributed by atoms with Gasteiger partial charge in [0.25, 0.3) is 15.9 Å². The molecule has 0 saturated heterocycles. The standard InChI is InChI=1S/C25H25F2N3O5S/c1-3-23(17-7-11-21(12-8-17)35-25(26)27)28-29-24(31)18-5-9-19(10-6-18)30-36(32,33)22-15-13-20(14-16-22)34-4-2/h5-16,25,30H,3-4H2,1-2H3,(H,29,31). The first-order valence-electron chi connectivity index (χ1n) is 11.0. The van der Waals surface area contributed by atoms with Crippen molar-refractivity contribution in [3.05, 3.63) is 83.9 Å². The lowest BCUT2D eigenvalue weighted by atomic mass is 10.1. The quantitative estimate of drug-likeness (QED) is 0.274. The van der Waals surface area contributed by atoms with E-state index in [9.17, 15) is 22.0 Å². The van der Waals surface area contributed by atoms with Crippen LogP contribution in [0.25, 0.3) is 0 Å². The van der Waals surface area contributed by atoms with Crippen molar-refractivity contribution >= 4 is 27.3 Å². The second-order valence-electron chi connectivity index (χ2n) is 7.34. The molecule has 0 aliphatic heterocycles. The van der Waals surface area contributed by atoms with Crippen LogP contribution in [0.4, 0.5) is 14.5 Å². The van der Waals surface area contributed by atoms with E-state index < -0.39 is 22.5 Å². The predicted octanol–water partition coefficient (Wildman–Crippen LogP) is 5.03. The molecule has 36 heavy (non-hydrogen) atoms. The van der Waals surface area contributed by atoms with Gasteiger partial charge in [0.15, 0.2) is 0 Å². The van der Waals surface area contributed by atoms with E-state index >= 15 is 0 Å². The van der Waals surface area contributed by atoms with Crippen LogP contribution < -0.4 is 19.6 Å². The van der Waals surface area contributed by atoms with Crippen LogP contribution in [0.2, 0.25) is 0 Å². The van der Waals surface area contributed by atoms with Gasteiger partial charge in [-0.2, -0.15) is 13.9 Å². The van der Waals surface area contributed by atoms with Crippen molar-refractivity contribution in [3.8, 4) is 11.5 Å². The second kappa shape index (κ2) is 12.1. The van der Waals surface area contributed by atoms with Crippen LogP contribution in [-0.4, -0.2) is 33.3 Å². The molecule has 0 radical (unpaired) electrons. The van der Waals surface area contributed by atoms with Crippen molar-refractivity contribution in [2.75, 3.05) is 11.3 Å². The number of rotatable bonds is 11.